The molecular weight excluding hydrogens is 260 g/mol. The number of hydrogen-bond acceptors (Lipinski definition) is 3. The second kappa shape index (κ2) is 10.6. The van der Waals surface area contributed by atoms with Crippen molar-refractivity contribution in [1.29, 1.82) is 0 Å². The molecule has 1 atom stereocenters. The largest absolute Gasteiger partial charge is 0.361 e. The summed E-state index contributed by atoms with van der Waals surface area (Å²) < 4.78 is 5.53. The third-order valence-corrected chi connectivity index (χ3v) is 4.99. The highest BCUT2D eigenvalue weighted by Crippen LogP contribution is 2.30. The van der Waals surface area contributed by atoms with Crippen LogP contribution in [0.25, 0.3) is 0 Å². The third kappa shape index (κ3) is 7.12. The molecule has 21 heavy (non-hydrogen) atoms. The molecule has 0 aliphatic carbocycles. The molecule has 1 aliphatic heterocycles. The van der Waals surface area contributed by atoms with Crippen LogP contribution in [-0.2, 0) is 4.74 Å². The Labute approximate surface area is 132 Å². The normalized spacial score (nSPS) is 20.9. The number of ether oxygens (including phenoxy) is 1. The summed E-state index contributed by atoms with van der Waals surface area (Å²) in [5.74, 6) is 0. The Hall–Kier alpha value is -0.120. The smallest absolute Gasteiger partial charge is 0.118 e. The number of unbranched alkanes of at least 4 members (excludes halogenated alkanes) is 6. The SMILES string of the molecule is CCCCCCC(C)(CCCCCC)N1CCOC(N)C1. The second-order valence-electron chi connectivity index (χ2n) is 6.97. The van der Waals surface area contributed by atoms with Crippen LogP contribution < -0.4 is 5.73 Å². The average molecular weight is 299 g/mol. The van der Waals surface area contributed by atoms with E-state index in [1.165, 1.54) is 64.2 Å². The number of morpholine rings is 1. The Bertz CT molecular complexity index is 246. The van der Waals surface area contributed by atoms with E-state index in [9.17, 15) is 0 Å². The van der Waals surface area contributed by atoms with Crippen LogP contribution in [0.3, 0.4) is 0 Å². The fraction of sp³-hybridized carbons (Fsp3) is 1.00. The molecule has 3 nitrogen and oxygen atoms in total. The molecule has 3 heteroatoms. The van der Waals surface area contributed by atoms with Gasteiger partial charge in [-0.05, 0) is 19.8 Å². The van der Waals surface area contributed by atoms with Crippen molar-refractivity contribution < 1.29 is 4.74 Å². The minimum Gasteiger partial charge on any atom is -0.361 e. The average Bonchev–Trinajstić information content (AvgIpc) is 2.48. The molecule has 0 aromatic rings. The van der Waals surface area contributed by atoms with E-state index in [0.717, 1.165) is 19.7 Å². The Morgan fingerprint density at radius 1 is 1.00 bits per heavy atom. The lowest BCUT2D eigenvalue weighted by atomic mass is 9.86. The Kier molecular flexibility index (Phi) is 9.54. The first-order valence-electron chi connectivity index (χ1n) is 9.24. The molecule has 1 heterocycles. The summed E-state index contributed by atoms with van der Waals surface area (Å²) in [6, 6.07) is 0. The van der Waals surface area contributed by atoms with Gasteiger partial charge >= 0.3 is 0 Å². The van der Waals surface area contributed by atoms with E-state index < -0.39 is 0 Å². The van der Waals surface area contributed by atoms with Crippen molar-refractivity contribution in [3.8, 4) is 0 Å². The lowest BCUT2D eigenvalue weighted by molar-refractivity contribution is -0.0685. The number of nitrogens with two attached hydrogens (primary N) is 1. The molecule has 0 bridgehead atoms. The van der Waals surface area contributed by atoms with Gasteiger partial charge in [-0.3, -0.25) is 4.90 Å². The fourth-order valence-corrected chi connectivity index (χ4v) is 3.47. The number of hydrogen-bond donors (Lipinski definition) is 1. The lowest BCUT2D eigenvalue weighted by Crippen LogP contribution is -2.56. The first-order valence-corrected chi connectivity index (χ1v) is 9.24. The Balaban J connectivity index is 2.49. The zero-order valence-corrected chi connectivity index (χ0v) is 14.7. The summed E-state index contributed by atoms with van der Waals surface area (Å²) in [5, 5.41) is 0. The van der Waals surface area contributed by atoms with Gasteiger partial charge < -0.3 is 10.5 Å². The van der Waals surface area contributed by atoms with Gasteiger partial charge in [0.05, 0.1) is 6.61 Å². The molecule has 126 valence electrons. The van der Waals surface area contributed by atoms with Crippen molar-refractivity contribution in [1.82, 2.24) is 4.90 Å². The van der Waals surface area contributed by atoms with Crippen molar-refractivity contribution in [3.63, 3.8) is 0 Å². The van der Waals surface area contributed by atoms with Gasteiger partial charge in [-0.25, -0.2) is 0 Å². The van der Waals surface area contributed by atoms with E-state index in [4.69, 9.17) is 10.5 Å². The quantitative estimate of drug-likeness (QED) is 0.578. The van der Waals surface area contributed by atoms with Gasteiger partial charge in [-0.2, -0.15) is 0 Å². The molecule has 0 radical (unpaired) electrons. The van der Waals surface area contributed by atoms with E-state index in [-0.39, 0.29) is 6.23 Å². The third-order valence-electron chi connectivity index (χ3n) is 4.99. The van der Waals surface area contributed by atoms with Gasteiger partial charge in [0.25, 0.3) is 0 Å². The van der Waals surface area contributed by atoms with Crippen molar-refractivity contribution in [2.75, 3.05) is 19.7 Å². The fourth-order valence-electron chi connectivity index (χ4n) is 3.47. The maximum atomic E-state index is 6.01. The van der Waals surface area contributed by atoms with Crippen molar-refractivity contribution in [3.05, 3.63) is 0 Å². The van der Waals surface area contributed by atoms with Gasteiger partial charge in [-0.1, -0.05) is 65.2 Å². The van der Waals surface area contributed by atoms with Gasteiger partial charge in [0.15, 0.2) is 0 Å². The van der Waals surface area contributed by atoms with E-state index in [1.54, 1.807) is 0 Å². The zero-order chi connectivity index (χ0) is 15.6. The first-order chi connectivity index (χ1) is 10.1. The molecule has 1 aliphatic rings. The van der Waals surface area contributed by atoms with Crippen LogP contribution in [0.2, 0.25) is 0 Å². The molecule has 0 aromatic heterocycles. The van der Waals surface area contributed by atoms with E-state index in [1.807, 2.05) is 0 Å². The van der Waals surface area contributed by atoms with E-state index in [0.29, 0.717) is 5.54 Å². The van der Waals surface area contributed by atoms with E-state index >= 15 is 0 Å². The van der Waals surface area contributed by atoms with Gasteiger partial charge in [0.2, 0.25) is 0 Å². The number of rotatable bonds is 11. The zero-order valence-electron chi connectivity index (χ0n) is 14.7. The summed E-state index contributed by atoms with van der Waals surface area (Å²) >= 11 is 0. The molecule has 1 fully saturated rings. The molecule has 0 amide bonds. The van der Waals surface area contributed by atoms with E-state index in [2.05, 4.69) is 25.7 Å². The number of nitrogens with zero attached hydrogens (tertiary/aromatic N) is 1. The van der Waals surface area contributed by atoms with Crippen LogP contribution in [0.1, 0.15) is 85.0 Å². The highest BCUT2D eigenvalue weighted by Gasteiger charge is 2.33. The second-order valence-corrected chi connectivity index (χ2v) is 6.97. The topological polar surface area (TPSA) is 38.5 Å². The Morgan fingerprint density at radius 2 is 1.57 bits per heavy atom. The molecule has 0 saturated carbocycles. The lowest BCUT2D eigenvalue weighted by Gasteiger charge is -2.45. The van der Waals surface area contributed by atoms with Crippen LogP contribution in [0, 0.1) is 0 Å². The summed E-state index contributed by atoms with van der Waals surface area (Å²) in [6.45, 7) is 9.77. The van der Waals surface area contributed by atoms with Crippen molar-refractivity contribution >= 4 is 0 Å². The predicted molar refractivity (Wildman–Crippen MR) is 91.4 cm³/mol. The Morgan fingerprint density at radius 3 is 2.05 bits per heavy atom. The monoisotopic (exact) mass is 298 g/mol. The molecule has 1 rings (SSSR count). The van der Waals surface area contributed by atoms with Gasteiger partial charge in [0, 0.05) is 18.6 Å². The van der Waals surface area contributed by atoms with Gasteiger partial charge in [0.1, 0.15) is 6.23 Å². The highest BCUT2D eigenvalue weighted by molar-refractivity contribution is 4.88. The summed E-state index contributed by atoms with van der Waals surface area (Å²) in [6.07, 6.45) is 13.3. The van der Waals surface area contributed by atoms with Crippen LogP contribution >= 0.6 is 0 Å². The molecule has 1 unspecified atom stereocenters. The minimum atomic E-state index is -0.0932. The van der Waals surface area contributed by atoms with Crippen LogP contribution in [-0.4, -0.2) is 36.4 Å². The maximum absolute atomic E-state index is 6.01. The van der Waals surface area contributed by atoms with Crippen LogP contribution in [0.15, 0.2) is 0 Å². The highest BCUT2D eigenvalue weighted by atomic mass is 16.5. The standard InChI is InChI=1S/C18H38N2O/c1-4-6-8-10-12-18(3,13-11-9-7-5-2)20-14-15-21-17(19)16-20/h17H,4-16,19H2,1-3H3. The molecule has 1 saturated heterocycles. The van der Waals surface area contributed by atoms with Crippen molar-refractivity contribution in [2.24, 2.45) is 5.73 Å². The molecule has 0 aromatic carbocycles. The van der Waals surface area contributed by atoms with Crippen molar-refractivity contribution in [2.45, 2.75) is 96.7 Å². The molecular formula is C18H38N2O. The minimum absolute atomic E-state index is 0.0932. The van der Waals surface area contributed by atoms with Crippen LogP contribution in [0.5, 0.6) is 0 Å². The van der Waals surface area contributed by atoms with Gasteiger partial charge in [-0.15, -0.1) is 0 Å². The summed E-state index contributed by atoms with van der Waals surface area (Å²) in [5.41, 5.74) is 6.33. The maximum Gasteiger partial charge on any atom is 0.118 e. The first kappa shape index (κ1) is 18.9. The predicted octanol–water partition coefficient (Wildman–Crippen LogP) is 4.30. The summed E-state index contributed by atoms with van der Waals surface area (Å²) in [7, 11) is 0. The van der Waals surface area contributed by atoms with Crippen LogP contribution in [0.4, 0.5) is 0 Å². The molecule has 2 N–H and O–H groups in total. The molecule has 0 spiro atoms. The summed E-state index contributed by atoms with van der Waals surface area (Å²) in [4.78, 5) is 2.61.